The molecule has 2 aromatic carbocycles. The Labute approximate surface area is 242 Å². The third-order valence-corrected chi connectivity index (χ3v) is 6.91. The number of ether oxygens (including phenoxy) is 1. The highest BCUT2D eigenvalue weighted by Crippen LogP contribution is 2.47. The average Bonchev–Trinajstić information content (AvgIpc) is 3.78. The van der Waals surface area contributed by atoms with Crippen molar-refractivity contribution < 1.29 is 18.7 Å². The van der Waals surface area contributed by atoms with Crippen molar-refractivity contribution in [3.8, 4) is 11.5 Å². The second-order valence-electron chi connectivity index (χ2n) is 10.5. The summed E-state index contributed by atoms with van der Waals surface area (Å²) in [5.41, 5.74) is 8.30. The van der Waals surface area contributed by atoms with E-state index < -0.39 is 17.1 Å². The minimum absolute atomic E-state index is 0.0468. The quantitative estimate of drug-likeness (QED) is 0.168. The van der Waals surface area contributed by atoms with Gasteiger partial charge in [0.2, 0.25) is 11.8 Å². The molecule has 4 N–H and O–H groups in total. The lowest BCUT2D eigenvalue weighted by Crippen LogP contribution is -2.35. The number of nitrogens with zero attached hydrogens (tertiary/aromatic N) is 3. The number of allylic oxidation sites excluding steroid dienone is 1. The molecule has 1 aliphatic carbocycles. The van der Waals surface area contributed by atoms with Crippen molar-refractivity contribution in [3.05, 3.63) is 90.3 Å². The second-order valence-corrected chi connectivity index (χ2v) is 10.5. The molecule has 1 saturated carbocycles. The molecular weight excluding hydrogens is 535 g/mol. The molecule has 0 atom stereocenters. The van der Waals surface area contributed by atoms with E-state index in [0.717, 1.165) is 11.6 Å². The summed E-state index contributed by atoms with van der Waals surface area (Å²) in [7, 11) is 0. The second kappa shape index (κ2) is 11.8. The van der Waals surface area contributed by atoms with Gasteiger partial charge in [0.25, 0.3) is 0 Å². The fourth-order valence-corrected chi connectivity index (χ4v) is 4.29. The topological polar surface area (TPSA) is 132 Å². The van der Waals surface area contributed by atoms with Crippen LogP contribution < -0.4 is 21.1 Å². The number of aromatic nitrogens is 2. The number of anilines is 2. The van der Waals surface area contributed by atoms with Crippen LogP contribution in [0.4, 0.5) is 15.8 Å². The zero-order chi connectivity index (χ0) is 29.9. The number of carbonyl (C=O) groups is 2. The van der Waals surface area contributed by atoms with Gasteiger partial charge < -0.3 is 21.1 Å². The van der Waals surface area contributed by atoms with E-state index in [1.54, 1.807) is 42.9 Å². The highest BCUT2D eigenvalue weighted by molar-refractivity contribution is 6.17. The zero-order valence-electron chi connectivity index (χ0n) is 23.5. The normalized spacial score (nSPS) is 14.3. The first-order chi connectivity index (χ1) is 20.2. The smallest absolute Gasteiger partial charge is 0.240 e. The SMILES string of the molecule is Cc1ccc(NC(=O)C2(C(=O)Nc3ccc(Oc4ccnc5cc(C(C=NC(C)C)=CN)ncc45)c(F)c3)CC2)cc1. The van der Waals surface area contributed by atoms with Crippen molar-refractivity contribution in [2.45, 2.75) is 39.7 Å². The van der Waals surface area contributed by atoms with Crippen molar-refractivity contribution in [2.24, 2.45) is 16.1 Å². The summed E-state index contributed by atoms with van der Waals surface area (Å²) in [6.45, 7) is 5.86. The standard InChI is InChI=1S/C32H31FN6O3/c1-19(2)36-17-21(16-34)26-15-27-24(18-37-26)28(10-13-35-27)42-29-9-8-23(14-25(29)33)39-31(41)32(11-12-32)30(40)38-22-6-4-20(3)5-7-22/h4-10,13-19H,11-12,34H2,1-3H3,(H,38,40)(H,39,41). The van der Waals surface area contributed by atoms with E-state index in [4.69, 9.17) is 10.5 Å². The Hall–Kier alpha value is -5.12. The number of halogens is 1. The molecule has 0 radical (unpaired) electrons. The van der Waals surface area contributed by atoms with Gasteiger partial charge in [0, 0.05) is 53.9 Å². The van der Waals surface area contributed by atoms with Gasteiger partial charge in [-0.15, -0.1) is 0 Å². The maximum Gasteiger partial charge on any atom is 0.240 e. The van der Waals surface area contributed by atoms with Crippen LogP contribution in [0.2, 0.25) is 0 Å². The predicted octanol–water partition coefficient (Wildman–Crippen LogP) is 6.01. The monoisotopic (exact) mass is 566 g/mol. The van der Waals surface area contributed by atoms with Crippen LogP contribution in [0.25, 0.3) is 16.5 Å². The molecule has 1 aliphatic rings. The number of benzene rings is 2. The van der Waals surface area contributed by atoms with E-state index in [-0.39, 0.29) is 23.4 Å². The van der Waals surface area contributed by atoms with Crippen molar-refractivity contribution in [1.82, 2.24) is 9.97 Å². The van der Waals surface area contributed by atoms with Crippen molar-refractivity contribution in [1.29, 1.82) is 0 Å². The number of hydrogen-bond acceptors (Lipinski definition) is 7. The molecule has 42 heavy (non-hydrogen) atoms. The molecule has 2 amide bonds. The molecule has 9 nitrogen and oxygen atoms in total. The lowest BCUT2D eigenvalue weighted by Gasteiger charge is -2.16. The molecule has 0 unspecified atom stereocenters. The molecule has 214 valence electrons. The zero-order valence-corrected chi connectivity index (χ0v) is 23.5. The number of aliphatic imine (C=N–C) groups is 1. The summed E-state index contributed by atoms with van der Waals surface area (Å²) in [5.74, 6) is -1.24. The highest BCUT2D eigenvalue weighted by Gasteiger charge is 2.56. The van der Waals surface area contributed by atoms with Gasteiger partial charge in [0.15, 0.2) is 11.6 Å². The molecule has 2 heterocycles. The molecule has 1 fully saturated rings. The minimum atomic E-state index is -1.18. The van der Waals surface area contributed by atoms with Crippen molar-refractivity contribution in [3.63, 3.8) is 0 Å². The van der Waals surface area contributed by atoms with E-state index in [9.17, 15) is 9.59 Å². The van der Waals surface area contributed by atoms with Crippen molar-refractivity contribution >= 4 is 45.9 Å². The molecule has 2 aromatic heterocycles. The Morgan fingerprint density at radius 3 is 2.33 bits per heavy atom. The first kappa shape index (κ1) is 28.4. The summed E-state index contributed by atoms with van der Waals surface area (Å²) >= 11 is 0. The molecule has 0 aliphatic heterocycles. The number of nitrogens with one attached hydrogen (secondary N) is 2. The number of fused-ring (bicyclic) bond motifs is 1. The molecule has 0 saturated heterocycles. The van der Waals surface area contributed by atoms with Crippen molar-refractivity contribution in [2.75, 3.05) is 10.6 Å². The van der Waals surface area contributed by atoms with Crippen LogP contribution in [0.5, 0.6) is 11.5 Å². The fourth-order valence-electron chi connectivity index (χ4n) is 4.29. The van der Waals surface area contributed by atoms with Crippen LogP contribution in [0.15, 0.2) is 78.2 Å². The molecular formula is C32H31FN6O3. The van der Waals surface area contributed by atoms with Gasteiger partial charge in [-0.2, -0.15) is 0 Å². The summed E-state index contributed by atoms with van der Waals surface area (Å²) in [6.07, 6.45) is 7.06. The number of rotatable bonds is 9. The summed E-state index contributed by atoms with van der Waals surface area (Å²) in [5, 5.41) is 6.06. The Bertz CT molecular complexity index is 1710. The van der Waals surface area contributed by atoms with Gasteiger partial charge >= 0.3 is 0 Å². The largest absolute Gasteiger partial charge is 0.453 e. The number of carbonyl (C=O) groups excluding carboxylic acids is 2. The van der Waals surface area contributed by atoms with Crippen LogP contribution in [-0.2, 0) is 9.59 Å². The lowest BCUT2D eigenvalue weighted by atomic mass is 10.0. The number of aryl methyl sites for hydroxylation is 1. The Morgan fingerprint density at radius 2 is 1.69 bits per heavy atom. The molecule has 10 heteroatoms. The summed E-state index contributed by atoms with van der Waals surface area (Å²) in [4.78, 5) is 39.1. The molecule has 0 spiro atoms. The van der Waals surface area contributed by atoms with Crippen LogP contribution in [0.3, 0.4) is 0 Å². The van der Waals surface area contributed by atoms with E-state index in [2.05, 4.69) is 25.6 Å². The molecule has 5 rings (SSSR count). The van der Waals surface area contributed by atoms with Gasteiger partial charge in [-0.25, -0.2) is 4.39 Å². The number of pyridine rings is 2. The van der Waals surface area contributed by atoms with Gasteiger partial charge in [-0.1, -0.05) is 17.7 Å². The lowest BCUT2D eigenvalue weighted by molar-refractivity contribution is -0.131. The van der Waals surface area contributed by atoms with E-state index in [0.29, 0.717) is 46.4 Å². The average molecular weight is 567 g/mol. The predicted molar refractivity (Wildman–Crippen MR) is 162 cm³/mol. The Balaban J connectivity index is 1.29. The number of nitrogens with two attached hydrogens (primary N) is 1. The summed E-state index contributed by atoms with van der Waals surface area (Å²) < 4.78 is 21.0. The third kappa shape index (κ3) is 6.12. The Kier molecular flexibility index (Phi) is 7.97. The Morgan fingerprint density at radius 1 is 1.00 bits per heavy atom. The number of hydrogen-bond donors (Lipinski definition) is 3. The third-order valence-electron chi connectivity index (χ3n) is 6.91. The van der Waals surface area contributed by atoms with Crippen LogP contribution >= 0.6 is 0 Å². The molecule has 0 bridgehead atoms. The van der Waals surface area contributed by atoms with Crippen LogP contribution in [0.1, 0.15) is 37.9 Å². The van der Waals surface area contributed by atoms with Crippen LogP contribution in [0, 0.1) is 18.2 Å². The fraction of sp³-hybridized carbons (Fsp3) is 0.219. The van der Waals surface area contributed by atoms with Gasteiger partial charge in [0.1, 0.15) is 11.2 Å². The molecule has 4 aromatic rings. The first-order valence-electron chi connectivity index (χ1n) is 13.6. The van der Waals surface area contributed by atoms with Crippen LogP contribution in [-0.4, -0.2) is 34.0 Å². The van der Waals surface area contributed by atoms with Gasteiger partial charge in [0.05, 0.1) is 16.6 Å². The maximum absolute atomic E-state index is 15.1. The maximum atomic E-state index is 15.1. The van der Waals surface area contributed by atoms with Gasteiger partial charge in [-0.05, 0) is 70.0 Å². The van der Waals surface area contributed by atoms with E-state index in [1.807, 2.05) is 32.9 Å². The van der Waals surface area contributed by atoms with Gasteiger partial charge in [-0.3, -0.25) is 24.5 Å². The summed E-state index contributed by atoms with van der Waals surface area (Å²) in [6, 6.07) is 14.9. The minimum Gasteiger partial charge on any atom is -0.453 e. The highest BCUT2D eigenvalue weighted by atomic mass is 19.1. The van der Waals surface area contributed by atoms with E-state index in [1.165, 1.54) is 18.3 Å². The van der Waals surface area contributed by atoms with E-state index >= 15 is 4.39 Å². The number of amides is 2. The first-order valence-corrected chi connectivity index (χ1v) is 13.6.